The second kappa shape index (κ2) is 4.86. The number of nitrogens with two attached hydrogens (primary N) is 1. The Morgan fingerprint density at radius 3 is 2.67 bits per heavy atom. The van der Waals surface area contributed by atoms with Crippen molar-refractivity contribution in [3.8, 4) is 0 Å². The molecule has 0 saturated heterocycles. The van der Waals surface area contributed by atoms with E-state index in [4.69, 9.17) is 17.3 Å². The van der Waals surface area contributed by atoms with Crippen LogP contribution in [-0.4, -0.2) is 14.2 Å². The Morgan fingerprint density at radius 1 is 1.40 bits per heavy atom. The first-order valence-electron chi connectivity index (χ1n) is 4.75. The third-order valence-corrected chi connectivity index (χ3v) is 4.33. The van der Waals surface area contributed by atoms with Gasteiger partial charge in [-0.1, -0.05) is 24.9 Å². The van der Waals surface area contributed by atoms with Crippen molar-refractivity contribution < 1.29 is 8.42 Å². The van der Waals surface area contributed by atoms with Gasteiger partial charge in [0.1, 0.15) is 0 Å². The lowest BCUT2D eigenvalue weighted by atomic mass is 10.3. The van der Waals surface area contributed by atoms with Crippen molar-refractivity contribution in [2.45, 2.75) is 24.7 Å². The van der Waals surface area contributed by atoms with Crippen molar-refractivity contribution in [3.63, 3.8) is 0 Å². The van der Waals surface area contributed by atoms with Gasteiger partial charge in [0.2, 0.25) is 0 Å². The Labute approximate surface area is 95.2 Å². The van der Waals surface area contributed by atoms with E-state index in [1.165, 1.54) is 12.1 Å². The average molecular weight is 248 g/mol. The van der Waals surface area contributed by atoms with Gasteiger partial charge in [-0.15, -0.1) is 0 Å². The predicted molar refractivity (Wildman–Crippen MR) is 62.8 cm³/mol. The van der Waals surface area contributed by atoms with Gasteiger partial charge in [-0.25, -0.2) is 8.42 Å². The number of hydrogen-bond acceptors (Lipinski definition) is 3. The van der Waals surface area contributed by atoms with E-state index in [-0.39, 0.29) is 15.7 Å². The summed E-state index contributed by atoms with van der Waals surface area (Å²) in [5, 5.41) is 0.236. The summed E-state index contributed by atoms with van der Waals surface area (Å²) < 4.78 is 23.6. The second-order valence-electron chi connectivity index (χ2n) is 3.36. The Bertz CT molecular complexity index is 443. The number of anilines is 1. The zero-order chi connectivity index (χ0) is 11.5. The molecule has 0 saturated carbocycles. The van der Waals surface area contributed by atoms with Crippen LogP contribution in [-0.2, 0) is 9.84 Å². The summed E-state index contributed by atoms with van der Waals surface area (Å²) in [6.07, 6.45) is 1.46. The van der Waals surface area contributed by atoms with Gasteiger partial charge in [-0.05, 0) is 24.6 Å². The minimum absolute atomic E-state index is 0.118. The smallest absolute Gasteiger partial charge is 0.179 e. The molecule has 15 heavy (non-hydrogen) atoms. The van der Waals surface area contributed by atoms with Crippen LogP contribution in [0, 0.1) is 0 Å². The molecular weight excluding hydrogens is 234 g/mol. The van der Waals surface area contributed by atoms with Crippen molar-refractivity contribution in [2.24, 2.45) is 0 Å². The number of benzene rings is 1. The molecule has 0 fully saturated rings. The SMILES string of the molecule is CCCCS(=O)(=O)c1cc(N)ccc1Cl. The summed E-state index contributed by atoms with van der Waals surface area (Å²) in [5.41, 5.74) is 5.94. The van der Waals surface area contributed by atoms with E-state index >= 15 is 0 Å². The van der Waals surface area contributed by atoms with Crippen LogP contribution in [0.25, 0.3) is 0 Å². The van der Waals surface area contributed by atoms with Crippen molar-refractivity contribution in [2.75, 3.05) is 11.5 Å². The summed E-state index contributed by atoms with van der Waals surface area (Å²) in [5.74, 6) is 0.118. The molecule has 5 heteroatoms. The number of unbranched alkanes of at least 4 members (excludes halogenated alkanes) is 1. The third-order valence-electron chi connectivity index (χ3n) is 2.06. The number of halogens is 1. The molecule has 1 rings (SSSR count). The molecule has 0 unspecified atom stereocenters. The minimum atomic E-state index is -3.29. The molecule has 84 valence electrons. The highest BCUT2D eigenvalue weighted by molar-refractivity contribution is 7.91. The Kier molecular flexibility index (Phi) is 3.99. The van der Waals surface area contributed by atoms with E-state index < -0.39 is 9.84 Å². The van der Waals surface area contributed by atoms with Gasteiger partial charge in [0, 0.05) is 5.69 Å². The zero-order valence-corrected chi connectivity index (χ0v) is 10.1. The maximum atomic E-state index is 11.8. The van der Waals surface area contributed by atoms with Crippen LogP contribution < -0.4 is 5.73 Å². The summed E-state index contributed by atoms with van der Waals surface area (Å²) in [6.45, 7) is 1.94. The largest absolute Gasteiger partial charge is 0.399 e. The third kappa shape index (κ3) is 3.11. The molecule has 0 aliphatic heterocycles. The highest BCUT2D eigenvalue weighted by atomic mass is 35.5. The fourth-order valence-corrected chi connectivity index (χ4v) is 3.24. The monoisotopic (exact) mass is 247 g/mol. The van der Waals surface area contributed by atoms with Gasteiger partial charge < -0.3 is 5.73 Å². The standard InChI is InChI=1S/C10H14ClNO2S/c1-2-3-6-15(13,14)10-7-8(12)4-5-9(10)11/h4-5,7H,2-3,6,12H2,1H3. The van der Waals surface area contributed by atoms with E-state index in [1.807, 2.05) is 6.92 Å². The van der Waals surface area contributed by atoms with Crippen LogP contribution in [0.1, 0.15) is 19.8 Å². The highest BCUT2D eigenvalue weighted by Crippen LogP contribution is 2.25. The zero-order valence-electron chi connectivity index (χ0n) is 8.53. The van der Waals surface area contributed by atoms with E-state index in [1.54, 1.807) is 6.07 Å². The molecule has 0 aromatic heterocycles. The molecule has 0 aliphatic carbocycles. The summed E-state index contributed by atoms with van der Waals surface area (Å²) in [6, 6.07) is 4.50. The van der Waals surface area contributed by atoms with Crippen LogP contribution in [0.2, 0.25) is 5.02 Å². The van der Waals surface area contributed by atoms with Gasteiger partial charge >= 0.3 is 0 Å². The topological polar surface area (TPSA) is 60.2 Å². The summed E-state index contributed by atoms with van der Waals surface area (Å²) >= 11 is 5.82. The van der Waals surface area contributed by atoms with Gasteiger partial charge in [0.05, 0.1) is 15.7 Å². The van der Waals surface area contributed by atoms with Gasteiger partial charge in [0.25, 0.3) is 0 Å². The molecule has 0 radical (unpaired) electrons. The van der Waals surface area contributed by atoms with Crippen molar-refractivity contribution >= 4 is 27.1 Å². The molecule has 0 atom stereocenters. The van der Waals surface area contributed by atoms with Crippen LogP contribution in [0.5, 0.6) is 0 Å². The molecule has 0 spiro atoms. The Balaban J connectivity index is 3.09. The van der Waals surface area contributed by atoms with Gasteiger partial charge in [0.15, 0.2) is 9.84 Å². The lowest BCUT2D eigenvalue weighted by Crippen LogP contribution is -2.07. The maximum absolute atomic E-state index is 11.8. The molecule has 0 heterocycles. The molecule has 1 aromatic rings. The lowest BCUT2D eigenvalue weighted by Gasteiger charge is -2.06. The van der Waals surface area contributed by atoms with Crippen molar-refractivity contribution in [3.05, 3.63) is 23.2 Å². The van der Waals surface area contributed by atoms with Gasteiger partial charge in [-0.3, -0.25) is 0 Å². The Morgan fingerprint density at radius 2 is 2.07 bits per heavy atom. The number of hydrogen-bond donors (Lipinski definition) is 1. The fraction of sp³-hybridized carbons (Fsp3) is 0.400. The first-order valence-corrected chi connectivity index (χ1v) is 6.78. The lowest BCUT2D eigenvalue weighted by molar-refractivity contribution is 0.593. The van der Waals surface area contributed by atoms with Crippen LogP contribution in [0.4, 0.5) is 5.69 Å². The molecule has 3 nitrogen and oxygen atoms in total. The van der Waals surface area contributed by atoms with E-state index in [0.717, 1.165) is 6.42 Å². The second-order valence-corrected chi connectivity index (χ2v) is 5.85. The molecule has 0 amide bonds. The van der Waals surface area contributed by atoms with Crippen molar-refractivity contribution in [1.82, 2.24) is 0 Å². The summed E-state index contributed by atoms with van der Waals surface area (Å²) in [4.78, 5) is 0.137. The van der Waals surface area contributed by atoms with Crippen LogP contribution >= 0.6 is 11.6 Å². The van der Waals surface area contributed by atoms with E-state index in [9.17, 15) is 8.42 Å². The first kappa shape index (κ1) is 12.3. The molecular formula is C10H14ClNO2S. The highest BCUT2D eigenvalue weighted by Gasteiger charge is 2.17. The molecule has 0 aliphatic rings. The van der Waals surface area contributed by atoms with Gasteiger partial charge in [-0.2, -0.15) is 0 Å². The van der Waals surface area contributed by atoms with E-state index in [2.05, 4.69) is 0 Å². The first-order chi connectivity index (χ1) is 6.97. The van der Waals surface area contributed by atoms with E-state index in [0.29, 0.717) is 12.1 Å². The summed E-state index contributed by atoms with van der Waals surface area (Å²) in [7, 11) is -3.29. The normalized spacial score (nSPS) is 11.6. The number of sulfone groups is 1. The predicted octanol–water partition coefficient (Wildman–Crippen LogP) is 2.50. The van der Waals surface area contributed by atoms with Crippen molar-refractivity contribution in [1.29, 1.82) is 0 Å². The fourth-order valence-electron chi connectivity index (χ4n) is 1.20. The van der Waals surface area contributed by atoms with Crippen LogP contribution in [0.3, 0.4) is 0 Å². The van der Waals surface area contributed by atoms with Crippen LogP contribution in [0.15, 0.2) is 23.1 Å². The number of nitrogen functional groups attached to an aromatic ring is 1. The molecule has 1 aromatic carbocycles. The molecule has 0 bridgehead atoms. The average Bonchev–Trinajstić information content (AvgIpc) is 2.18. The quantitative estimate of drug-likeness (QED) is 0.832. The Hall–Kier alpha value is -0.740. The minimum Gasteiger partial charge on any atom is -0.399 e. The molecule has 2 N–H and O–H groups in total. The number of rotatable bonds is 4. The maximum Gasteiger partial charge on any atom is 0.179 e.